The fourth-order valence-electron chi connectivity index (χ4n) is 3.93. The molecule has 2 heterocycles. The van der Waals surface area contributed by atoms with E-state index in [-0.39, 0.29) is 12.3 Å². The second kappa shape index (κ2) is 11.0. The third-order valence-electron chi connectivity index (χ3n) is 5.78. The van der Waals surface area contributed by atoms with E-state index in [0.29, 0.717) is 50.7 Å². The maximum Gasteiger partial charge on any atom is 0.323 e. The molecule has 0 aliphatic carbocycles. The Balaban J connectivity index is 1.34. The van der Waals surface area contributed by atoms with Crippen LogP contribution in [0.3, 0.4) is 0 Å². The normalized spacial score (nSPS) is 12.6. The number of nitrogens with zero attached hydrogens (tertiary/aromatic N) is 3. The molecule has 3 amide bonds. The molecule has 192 valence electrons. The van der Waals surface area contributed by atoms with E-state index < -0.39 is 6.03 Å². The zero-order valence-corrected chi connectivity index (χ0v) is 21.7. The van der Waals surface area contributed by atoms with Gasteiger partial charge in [-0.05, 0) is 53.6 Å². The lowest BCUT2D eigenvalue weighted by molar-refractivity contribution is -0.115. The lowest BCUT2D eigenvalue weighted by Crippen LogP contribution is -2.20. The number of ether oxygens (including phenoxy) is 1. The maximum absolute atomic E-state index is 12.8. The van der Waals surface area contributed by atoms with Crippen LogP contribution in [0.1, 0.15) is 17.5 Å². The largest absolute Gasteiger partial charge is 0.497 e. The predicted molar refractivity (Wildman–Crippen MR) is 149 cm³/mol. The van der Waals surface area contributed by atoms with Crippen LogP contribution in [-0.4, -0.2) is 34.5 Å². The first-order valence-electron chi connectivity index (χ1n) is 11.6. The van der Waals surface area contributed by atoms with Crippen molar-refractivity contribution in [3.8, 4) is 5.75 Å². The van der Waals surface area contributed by atoms with Gasteiger partial charge in [0.1, 0.15) is 11.4 Å². The number of benzene rings is 3. The van der Waals surface area contributed by atoms with Crippen LogP contribution < -0.4 is 20.7 Å². The molecule has 11 heteroatoms. The van der Waals surface area contributed by atoms with Gasteiger partial charge in [-0.25, -0.2) is 14.5 Å². The molecule has 1 aromatic heterocycles. The minimum absolute atomic E-state index is 0.0656. The first-order valence-corrected chi connectivity index (χ1v) is 12.3. The van der Waals surface area contributed by atoms with Crippen LogP contribution in [0.15, 0.2) is 77.9 Å². The van der Waals surface area contributed by atoms with E-state index in [9.17, 15) is 9.59 Å². The van der Waals surface area contributed by atoms with Crippen molar-refractivity contribution in [1.82, 2.24) is 9.78 Å². The van der Waals surface area contributed by atoms with E-state index >= 15 is 0 Å². The number of urea groups is 1. The van der Waals surface area contributed by atoms with Gasteiger partial charge in [-0.2, -0.15) is 5.10 Å². The third kappa shape index (κ3) is 5.80. The molecule has 3 aromatic carbocycles. The summed E-state index contributed by atoms with van der Waals surface area (Å²) in [6.07, 6.45) is 1.69. The highest BCUT2D eigenvalue weighted by Crippen LogP contribution is 2.30. The number of nitrogens with one attached hydrogen (secondary N) is 3. The van der Waals surface area contributed by atoms with Crippen molar-refractivity contribution >= 4 is 63.7 Å². The summed E-state index contributed by atoms with van der Waals surface area (Å²) in [5, 5.41) is 13.6. The van der Waals surface area contributed by atoms with Crippen molar-refractivity contribution in [1.29, 1.82) is 0 Å². The molecule has 9 nitrogen and oxygen atoms in total. The zero-order valence-electron chi connectivity index (χ0n) is 20.2. The molecule has 0 spiro atoms. The average molecular weight is 549 g/mol. The predicted octanol–water partition coefficient (Wildman–Crippen LogP) is 6.35. The van der Waals surface area contributed by atoms with Gasteiger partial charge in [-0.1, -0.05) is 47.5 Å². The molecule has 4 aromatic rings. The van der Waals surface area contributed by atoms with Crippen LogP contribution in [0.2, 0.25) is 10.0 Å². The molecule has 5 rings (SSSR count). The molecule has 38 heavy (non-hydrogen) atoms. The number of halogens is 2. The SMILES string of the molecule is COc1ccc(Cn2ncc3c2NC(=O)CC(c2cccc(NC(=O)Nc4ccc(Cl)c(Cl)c4)c2)=N3)cc1. The minimum Gasteiger partial charge on any atom is -0.497 e. The Morgan fingerprint density at radius 2 is 1.79 bits per heavy atom. The van der Waals surface area contributed by atoms with Crippen LogP contribution in [0, 0.1) is 0 Å². The summed E-state index contributed by atoms with van der Waals surface area (Å²) in [5.74, 6) is 1.07. The molecular formula is C27H22Cl2N6O3. The summed E-state index contributed by atoms with van der Waals surface area (Å²) >= 11 is 11.9. The van der Waals surface area contributed by atoms with Crippen molar-refractivity contribution in [2.45, 2.75) is 13.0 Å². The number of carbonyl (C=O) groups excluding carboxylic acids is 2. The van der Waals surface area contributed by atoms with Crippen LogP contribution >= 0.6 is 23.2 Å². The number of amides is 3. The van der Waals surface area contributed by atoms with Gasteiger partial charge in [-0.3, -0.25) is 4.79 Å². The van der Waals surface area contributed by atoms with Crippen LogP contribution in [0.25, 0.3) is 0 Å². The van der Waals surface area contributed by atoms with Crippen molar-refractivity contribution < 1.29 is 14.3 Å². The highest BCUT2D eigenvalue weighted by Gasteiger charge is 2.21. The smallest absolute Gasteiger partial charge is 0.323 e. The van der Waals surface area contributed by atoms with E-state index in [2.05, 4.69) is 21.0 Å². The van der Waals surface area contributed by atoms with Gasteiger partial charge >= 0.3 is 6.03 Å². The number of hydrogen-bond donors (Lipinski definition) is 3. The number of rotatable bonds is 6. The number of hydrogen-bond acceptors (Lipinski definition) is 5. The Morgan fingerprint density at radius 3 is 2.53 bits per heavy atom. The Labute approximate surface area is 228 Å². The molecule has 3 N–H and O–H groups in total. The number of fused-ring (bicyclic) bond motifs is 1. The highest BCUT2D eigenvalue weighted by atomic mass is 35.5. The number of carbonyl (C=O) groups is 2. The highest BCUT2D eigenvalue weighted by molar-refractivity contribution is 6.42. The maximum atomic E-state index is 12.8. The number of aromatic nitrogens is 2. The van der Waals surface area contributed by atoms with Crippen LogP contribution in [0.4, 0.5) is 27.7 Å². The Bertz CT molecular complexity index is 1550. The molecule has 0 saturated carbocycles. The van der Waals surface area contributed by atoms with Gasteiger partial charge in [0, 0.05) is 11.4 Å². The average Bonchev–Trinajstić information content (AvgIpc) is 3.17. The summed E-state index contributed by atoms with van der Waals surface area (Å²) in [6, 6.07) is 19.1. The number of anilines is 3. The first kappa shape index (κ1) is 25.3. The summed E-state index contributed by atoms with van der Waals surface area (Å²) in [7, 11) is 1.62. The summed E-state index contributed by atoms with van der Waals surface area (Å²) in [4.78, 5) is 30.0. The van der Waals surface area contributed by atoms with Gasteiger partial charge in [0.15, 0.2) is 5.82 Å². The molecule has 0 saturated heterocycles. The quantitative estimate of drug-likeness (QED) is 0.260. The van der Waals surface area contributed by atoms with E-state index in [4.69, 9.17) is 32.9 Å². The van der Waals surface area contributed by atoms with Crippen molar-refractivity contribution in [2.24, 2.45) is 4.99 Å². The number of methoxy groups -OCH3 is 1. The van der Waals surface area contributed by atoms with Gasteiger partial charge in [0.05, 0.1) is 42.0 Å². The molecule has 0 radical (unpaired) electrons. The second-order valence-electron chi connectivity index (χ2n) is 8.46. The Morgan fingerprint density at radius 1 is 1.03 bits per heavy atom. The molecule has 0 bridgehead atoms. The molecule has 0 fully saturated rings. The second-order valence-corrected chi connectivity index (χ2v) is 9.27. The van der Waals surface area contributed by atoms with E-state index in [1.54, 1.807) is 54.4 Å². The summed E-state index contributed by atoms with van der Waals surface area (Å²) < 4.78 is 6.91. The molecule has 1 aliphatic heterocycles. The van der Waals surface area contributed by atoms with Crippen molar-refractivity contribution in [3.63, 3.8) is 0 Å². The standard InChI is InChI=1S/C27H22Cl2N6O3/c1-38-20-8-5-16(6-9-20)15-35-26-24(14-30-35)33-23(13-25(36)34-26)17-3-2-4-18(11-17)31-27(37)32-19-7-10-21(28)22(29)12-19/h2-12,14H,13,15H2,1H3,(H,34,36)(H2,31,32,37). The van der Waals surface area contributed by atoms with Gasteiger partial charge in [-0.15, -0.1) is 0 Å². The van der Waals surface area contributed by atoms with E-state index in [0.717, 1.165) is 11.3 Å². The molecule has 0 unspecified atom stereocenters. The minimum atomic E-state index is -0.455. The van der Waals surface area contributed by atoms with Gasteiger partial charge in [0.25, 0.3) is 0 Å². The van der Waals surface area contributed by atoms with Gasteiger partial charge < -0.3 is 20.7 Å². The first-order chi connectivity index (χ1) is 18.4. The molecule has 0 atom stereocenters. The lowest BCUT2D eigenvalue weighted by Gasteiger charge is -2.10. The summed E-state index contributed by atoms with van der Waals surface area (Å²) in [6.45, 7) is 0.456. The Hall–Kier alpha value is -4.34. The molecular weight excluding hydrogens is 527 g/mol. The topological polar surface area (TPSA) is 110 Å². The Kier molecular flexibility index (Phi) is 7.30. The fraction of sp³-hybridized carbons (Fsp3) is 0.111. The lowest BCUT2D eigenvalue weighted by atomic mass is 10.1. The fourth-order valence-corrected chi connectivity index (χ4v) is 4.23. The summed E-state index contributed by atoms with van der Waals surface area (Å²) in [5.41, 5.74) is 3.83. The third-order valence-corrected chi connectivity index (χ3v) is 6.52. The van der Waals surface area contributed by atoms with E-state index in [1.807, 2.05) is 30.3 Å². The van der Waals surface area contributed by atoms with Crippen molar-refractivity contribution in [3.05, 3.63) is 94.1 Å². The van der Waals surface area contributed by atoms with Crippen molar-refractivity contribution in [2.75, 3.05) is 23.1 Å². The monoisotopic (exact) mass is 548 g/mol. The zero-order chi connectivity index (χ0) is 26.6. The molecule has 1 aliphatic rings. The van der Waals surface area contributed by atoms with E-state index in [1.165, 1.54) is 0 Å². The van der Waals surface area contributed by atoms with Gasteiger partial charge in [0.2, 0.25) is 5.91 Å². The van der Waals surface area contributed by atoms with Crippen LogP contribution in [-0.2, 0) is 11.3 Å². The van der Waals surface area contributed by atoms with Crippen LogP contribution in [0.5, 0.6) is 5.75 Å². The number of aliphatic imine (C=N–C) groups is 1.